The molecule has 5 aliphatic rings. The normalized spacial score (nSPS) is 31.6. The molecule has 1 N–H and O–H groups in total. The summed E-state index contributed by atoms with van der Waals surface area (Å²) in [5.41, 5.74) is 2.40. The van der Waals surface area contributed by atoms with E-state index in [9.17, 15) is 4.79 Å². The number of hydrogen-bond donors (Lipinski definition) is 1. The molecule has 7 rings (SSSR count). The van der Waals surface area contributed by atoms with Gasteiger partial charge in [0.25, 0.3) is 0 Å². The van der Waals surface area contributed by atoms with Crippen LogP contribution >= 0.6 is 0 Å². The first-order valence-electron chi connectivity index (χ1n) is 15.2. The summed E-state index contributed by atoms with van der Waals surface area (Å²) in [5.74, 6) is 3.25. The minimum Gasteiger partial charge on any atom is -0.489 e. The zero-order valence-corrected chi connectivity index (χ0v) is 22.6. The molecule has 2 saturated heterocycles. The van der Waals surface area contributed by atoms with Crippen LogP contribution in [0.25, 0.3) is 0 Å². The van der Waals surface area contributed by atoms with E-state index in [1.54, 1.807) is 0 Å². The number of carbonyl (C=O) groups excluding carboxylic acids is 1. The van der Waals surface area contributed by atoms with E-state index in [0.29, 0.717) is 36.5 Å². The van der Waals surface area contributed by atoms with Crippen LogP contribution in [0.15, 0.2) is 48.5 Å². The number of hydrogen-bond acceptors (Lipinski definition) is 4. The first-order chi connectivity index (χ1) is 18.7. The summed E-state index contributed by atoms with van der Waals surface area (Å²) in [7, 11) is 0. The molecule has 2 saturated carbocycles. The maximum absolute atomic E-state index is 14.7. The summed E-state index contributed by atoms with van der Waals surface area (Å²) >= 11 is 0. The van der Waals surface area contributed by atoms with Gasteiger partial charge in [-0.3, -0.25) is 4.79 Å². The van der Waals surface area contributed by atoms with Crippen LogP contribution in [0, 0.1) is 11.8 Å². The number of benzene rings is 2. The van der Waals surface area contributed by atoms with Gasteiger partial charge < -0.3 is 19.7 Å². The highest BCUT2D eigenvalue weighted by atomic mass is 16.5. The third kappa shape index (κ3) is 4.41. The number of likely N-dealkylation sites (tertiary alicyclic amines) is 1. The van der Waals surface area contributed by atoms with Crippen molar-refractivity contribution in [2.45, 2.75) is 87.7 Å². The summed E-state index contributed by atoms with van der Waals surface area (Å²) < 4.78 is 12.5. The van der Waals surface area contributed by atoms with Gasteiger partial charge in [-0.25, -0.2) is 0 Å². The molecule has 38 heavy (non-hydrogen) atoms. The topological polar surface area (TPSA) is 50.8 Å². The fourth-order valence-corrected chi connectivity index (χ4v) is 8.08. The molecule has 4 atom stereocenters. The van der Waals surface area contributed by atoms with Crippen LogP contribution in [0.4, 0.5) is 0 Å². The number of nitrogens with zero attached hydrogens (tertiary/aromatic N) is 1. The fraction of sp³-hybridized carbons (Fsp3) is 0.606. The van der Waals surface area contributed by atoms with E-state index in [-0.39, 0.29) is 11.3 Å². The molecule has 2 aromatic carbocycles. The van der Waals surface area contributed by atoms with Crippen LogP contribution in [0.5, 0.6) is 11.5 Å². The van der Waals surface area contributed by atoms with Crippen molar-refractivity contribution in [1.82, 2.24) is 10.2 Å². The number of para-hydroxylation sites is 1. The smallest absolute Gasteiger partial charge is 0.228 e. The maximum Gasteiger partial charge on any atom is 0.228 e. The Morgan fingerprint density at radius 3 is 2.63 bits per heavy atom. The number of fused-ring (bicyclic) bond motifs is 2. The Hall–Kier alpha value is -2.53. The van der Waals surface area contributed by atoms with E-state index >= 15 is 0 Å². The molecule has 1 spiro atoms. The Labute approximate surface area is 227 Å². The summed E-state index contributed by atoms with van der Waals surface area (Å²) in [6.45, 7) is 3.11. The summed E-state index contributed by atoms with van der Waals surface area (Å²) in [5, 5.41) is 3.65. The van der Waals surface area contributed by atoms with Crippen molar-refractivity contribution < 1.29 is 14.3 Å². The molecule has 3 heterocycles. The maximum atomic E-state index is 14.7. The van der Waals surface area contributed by atoms with Crippen molar-refractivity contribution in [3.05, 3.63) is 59.7 Å². The van der Waals surface area contributed by atoms with E-state index in [2.05, 4.69) is 52.7 Å². The number of carbonyl (C=O) groups is 1. The minimum atomic E-state index is -0.221. The number of piperidine rings is 1. The van der Waals surface area contributed by atoms with E-state index in [1.165, 1.54) is 43.2 Å². The number of ether oxygens (including phenoxy) is 2. The lowest BCUT2D eigenvalue weighted by atomic mass is 9.67. The van der Waals surface area contributed by atoms with Crippen molar-refractivity contribution >= 4 is 5.91 Å². The first-order valence-corrected chi connectivity index (χ1v) is 15.2. The Balaban J connectivity index is 1.19. The highest BCUT2D eigenvalue weighted by Crippen LogP contribution is 2.51. The van der Waals surface area contributed by atoms with Crippen LogP contribution in [0.3, 0.4) is 0 Å². The van der Waals surface area contributed by atoms with Gasteiger partial charge in [0.1, 0.15) is 0 Å². The lowest BCUT2D eigenvalue weighted by molar-refractivity contribution is -0.143. The average molecular weight is 515 g/mol. The molecule has 1 amide bonds. The van der Waals surface area contributed by atoms with Crippen molar-refractivity contribution in [2.75, 3.05) is 26.2 Å². The van der Waals surface area contributed by atoms with Gasteiger partial charge >= 0.3 is 0 Å². The zero-order chi connectivity index (χ0) is 25.5. The van der Waals surface area contributed by atoms with Crippen molar-refractivity contribution in [2.24, 2.45) is 11.8 Å². The monoisotopic (exact) mass is 514 g/mol. The van der Waals surface area contributed by atoms with E-state index in [1.807, 2.05) is 6.07 Å². The molecule has 0 radical (unpaired) electrons. The van der Waals surface area contributed by atoms with Crippen LogP contribution in [0.2, 0.25) is 0 Å². The van der Waals surface area contributed by atoms with E-state index < -0.39 is 0 Å². The second-order valence-corrected chi connectivity index (χ2v) is 12.5. The number of amides is 1. The van der Waals surface area contributed by atoms with Gasteiger partial charge in [-0.05, 0) is 68.4 Å². The molecular weight excluding hydrogens is 472 g/mol. The minimum absolute atomic E-state index is 0.0549. The van der Waals surface area contributed by atoms with Crippen LogP contribution in [0.1, 0.15) is 81.3 Å². The predicted octanol–water partition coefficient (Wildman–Crippen LogP) is 5.82. The largest absolute Gasteiger partial charge is 0.489 e. The van der Waals surface area contributed by atoms with E-state index in [0.717, 1.165) is 63.2 Å². The summed E-state index contributed by atoms with van der Waals surface area (Å²) in [4.78, 5) is 17.0. The quantitative estimate of drug-likeness (QED) is 0.546. The number of nitrogens with one attached hydrogen (secondary N) is 1. The van der Waals surface area contributed by atoms with Gasteiger partial charge in [-0.1, -0.05) is 61.7 Å². The SMILES string of the molecule is O=C(C1CNC[C@]12CCOc1c(OC3CC3)cccc12)N1CC[C@@H](c2ccccc2)C[C@H]1C1CCCCC1. The molecule has 2 aromatic rings. The van der Waals surface area contributed by atoms with Gasteiger partial charge in [-0.15, -0.1) is 0 Å². The Morgan fingerprint density at radius 2 is 1.82 bits per heavy atom. The fourth-order valence-electron chi connectivity index (χ4n) is 8.08. The Bertz CT molecular complexity index is 1140. The van der Waals surface area contributed by atoms with Crippen molar-refractivity contribution in [3.63, 3.8) is 0 Å². The van der Waals surface area contributed by atoms with Crippen LogP contribution < -0.4 is 14.8 Å². The molecule has 0 bridgehead atoms. The third-order valence-electron chi connectivity index (χ3n) is 10.3. The lowest BCUT2D eigenvalue weighted by Crippen LogP contribution is -2.55. The highest BCUT2D eigenvalue weighted by molar-refractivity contribution is 5.82. The molecule has 0 aromatic heterocycles. The predicted molar refractivity (Wildman–Crippen MR) is 149 cm³/mol. The summed E-state index contributed by atoms with van der Waals surface area (Å²) in [6, 6.07) is 17.7. The van der Waals surface area contributed by atoms with Crippen LogP contribution in [-0.2, 0) is 10.2 Å². The second kappa shape index (κ2) is 10.2. The second-order valence-electron chi connectivity index (χ2n) is 12.5. The average Bonchev–Trinajstić information content (AvgIpc) is 3.71. The highest BCUT2D eigenvalue weighted by Gasteiger charge is 2.53. The summed E-state index contributed by atoms with van der Waals surface area (Å²) in [6.07, 6.45) is 12.1. The standard InChI is InChI=1S/C33H42N2O3/c36-32(35-18-16-25(23-8-3-1-4-9-23)20-29(35)24-10-5-2-6-11-24)28-21-34-22-33(28)17-19-37-31-27(33)12-7-13-30(31)38-26-14-15-26/h1,3-4,7-9,12-13,24-26,28-29,34H,2,5-6,10-11,14-22H2/t25-,28?,29+,33+/m1/s1. The van der Waals surface area contributed by atoms with Gasteiger partial charge in [-0.2, -0.15) is 0 Å². The molecule has 5 nitrogen and oxygen atoms in total. The molecular formula is C33H42N2O3. The van der Waals surface area contributed by atoms with Gasteiger partial charge in [0, 0.05) is 36.7 Å². The molecule has 4 fully saturated rings. The van der Waals surface area contributed by atoms with Crippen molar-refractivity contribution in [1.29, 1.82) is 0 Å². The molecule has 5 heteroatoms. The first kappa shape index (κ1) is 24.5. The zero-order valence-electron chi connectivity index (χ0n) is 22.6. The molecule has 202 valence electrons. The van der Waals surface area contributed by atoms with E-state index in [4.69, 9.17) is 9.47 Å². The molecule has 2 aliphatic carbocycles. The molecule has 1 unspecified atom stereocenters. The Morgan fingerprint density at radius 1 is 0.974 bits per heavy atom. The van der Waals surface area contributed by atoms with Gasteiger partial charge in [0.15, 0.2) is 11.5 Å². The van der Waals surface area contributed by atoms with Gasteiger partial charge in [0.2, 0.25) is 5.91 Å². The lowest BCUT2D eigenvalue weighted by Gasteiger charge is -2.48. The third-order valence-corrected chi connectivity index (χ3v) is 10.3. The van der Waals surface area contributed by atoms with Crippen molar-refractivity contribution in [3.8, 4) is 11.5 Å². The molecule has 3 aliphatic heterocycles. The van der Waals surface area contributed by atoms with Crippen LogP contribution in [-0.4, -0.2) is 49.2 Å². The number of rotatable bonds is 5. The Kier molecular flexibility index (Phi) is 6.59. The van der Waals surface area contributed by atoms with Gasteiger partial charge in [0.05, 0.1) is 18.6 Å².